The van der Waals surface area contributed by atoms with Gasteiger partial charge in [-0.3, -0.25) is 0 Å². The molecule has 1 heterocycles. The molecule has 6 heteroatoms. The first-order valence-corrected chi connectivity index (χ1v) is 7.71. The molecule has 124 valence electrons. The zero-order valence-corrected chi connectivity index (χ0v) is 14.4. The van der Waals surface area contributed by atoms with E-state index in [2.05, 4.69) is 28.7 Å². The molecule has 0 amide bonds. The van der Waals surface area contributed by atoms with Crippen LogP contribution in [-0.4, -0.2) is 30.2 Å². The van der Waals surface area contributed by atoms with Crippen LogP contribution in [0.3, 0.4) is 0 Å². The number of nitrogens with zero attached hydrogens (tertiary/aromatic N) is 3. The molecule has 0 saturated carbocycles. The Kier molecular flexibility index (Phi) is 5.26. The smallest absolute Gasteiger partial charge is 0.248 e. The standard InChI is InChI=1S/C17H24N4O2/c1-6-21(7-2)16-15(18)17(20-12(4)19-16)23-13-9-8-11(3)10-14(13)22-5/h8-10H,6-7,18H2,1-5H3. The maximum absolute atomic E-state index is 6.24. The molecule has 0 fully saturated rings. The van der Waals surface area contributed by atoms with Gasteiger partial charge in [0.05, 0.1) is 7.11 Å². The average Bonchev–Trinajstić information content (AvgIpc) is 2.54. The second-order valence-electron chi connectivity index (χ2n) is 5.24. The van der Waals surface area contributed by atoms with E-state index in [0.29, 0.717) is 34.7 Å². The van der Waals surface area contributed by atoms with Crippen molar-refractivity contribution in [3.05, 3.63) is 29.6 Å². The van der Waals surface area contributed by atoms with Crippen LogP contribution in [0, 0.1) is 13.8 Å². The molecule has 0 unspecified atom stereocenters. The first kappa shape index (κ1) is 16.9. The van der Waals surface area contributed by atoms with Crippen LogP contribution >= 0.6 is 0 Å². The third kappa shape index (κ3) is 3.64. The molecule has 0 aliphatic heterocycles. The molecule has 23 heavy (non-hydrogen) atoms. The summed E-state index contributed by atoms with van der Waals surface area (Å²) in [5.74, 6) is 2.88. The SMILES string of the molecule is CCN(CC)c1nc(C)nc(Oc2ccc(C)cc2OC)c1N. The van der Waals surface area contributed by atoms with Gasteiger partial charge in [-0.05, 0) is 45.4 Å². The molecular weight excluding hydrogens is 292 g/mol. The summed E-state index contributed by atoms with van der Waals surface area (Å²) in [6.45, 7) is 9.56. The lowest BCUT2D eigenvalue weighted by atomic mass is 10.2. The van der Waals surface area contributed by atoms with Crippen molar-refractivity contribution in [2.24, 2.45) is 0 Å². The van der Waals surface area contributed by atoms with E-state index < -0.39 is 0 Å². The first-order chi connectivity index (χ1) is 11.0. The molecule has 0 aliphatic carbocycles. The first-order valence-electron chi connectivity index (χ1n) is 7.71. The largest absolute Gasteiger partial charge is 0.493 e. The summed E-state index contributed by atoms with van der Waals surface area (Å²) in [7, 11) is 1.61. The topological polar surface area (TPSA) is 73.5 Å². The molecule has 2 N–H and O–H groups in total. The lowest BCUT2D eigenvalue weighted by molar-refractivity contribution is 0.374. The van der Waals surface area contributed by atoms with Gasteiger partial charge >= 0.3 is 0 Å². The van der Waals surface area contributed by atoms with Gasteiger partial charge in [0.2, 0.25) is 5.88 Å². The van der Waals surface area contributed by atoms with E-state index >= 15 is 0 Å². The van der Waals surface area contributed by atoms with Crippen LogP contribution in [0.15, 0.2) is 18.2 Å². The molecule has 6 nitrogen and oxygen atoms in total. The lowest BCUT2D eigenvalue weighted by Gasteiger charge is -2.22. The van der Waals surface area contributed by atoms with E-state index in [9.17, 15) is 0 Å². The van der Waals surface area contributed by atoms with Gasteiger partial charge in [-0.1, -0.05) is 6.07 Å². The summed E-state index contributed by atoms with van der Waals surface area (Å²) in [6.07, 6.45) is 0. The number of rotatable bonds is 6. The van der Waals surface area contributed by atoms with Gasteiger partial charge in [-0.15, -0.1) is 0 Å². The van der Waals surface area contributed by atoms with E-state index in [0.717, 1.165) is 18.7 Å². The second-order valence-corrected chi connectivity index (χ2v) is 5.24. The Morgan fingerprint density at radius 3 is 2.39 bits per heavy atom. The number of nitrogens with two attached hydrogens (primary N) is 1. The number of methoxy groups -OCH3 is 1. The van der Waals surface area contributed by atoms with Crippen LogP contribution in [0.25, 0.3) is 0 Å². The van der Waals surface area contributed by atoms with Gasteiger partial charge in [-0.25, -0.2) is 4.98 Å². The molecule has 1 aromatic carbocycles. The summed E-state index contributed by atoms with van der Waals surface area (Å²) in [4.78, 5) is 10.9. The number of ether oxygens (including phenoxy) is 2. The van der Waals surface area contributed by atoms with Crippen LogP contribution in [-0.2, 0) is 0 Å². The molecule has 0 atom stereocenters. The van der Waals surface area contributed by atoms with Crippen molar-refractivity contribution >= 4 is 11.5 Å². The Morgan fingerprint density at radius 1 is 1.09 bits per heavy atom. The van der Waals surface area contributed by atoms with Crippen LogP contribution in [0.2, 0.25) is 0 Å². The number of aryl methyl sites for hydroxylation is 2. The summed E-state index contributed by atoms with van der Waals surface area (Å²) in [5.41, 5.74) is 7.76. The third-order valence-electron chi connectivity index (χ3n) is 3.59. The lowest BCUT2D eigenvalue weighted by Crippen LogP contribution is -2.25. The minimum atomic E-state index is 0.349. The zero-order valence-electron chi connectivity index (χ0n) is 14.4. The fourth-order valence-electron chi connectivity index (χ4n) is 2.35. The summed E-state index contributed by atoms with van der Waals surface area (Å²) in [5, 5.41) is 0. The van der Waals surface area contributed by atoms with Crippen LogP contribution in [0.4, 0.5) is 11.5 Å². The monoisotopic (exact) mass is 316 g/mol. The van der Waals surface area contributed by atoms with Crippen molar-refractivity contribution in [2.75, 3.05) is 30.8 Å². The van der Waals surface area contributed by atoms with Gasteiger partial charge in [-0.2, -0.15) is 4.98 Å². The number of anilines is 2. The van der Waals surface area contributed by atoms with Gasteiger partial charge in [0.25, 0.3) is 0 Å². The van der Waals surface area contributed by atoms with Gasteiger partial charge in [0, 0.05) is 13.1 Å². The van der Waals surface area contributed by atoms with Crippen LogP contribution < -0.4 is 20.1 Å². The normalized spacial score (nSPS) is 10.5. The number of aromatic nitrogens is 2. The quantitative estimate of drug-likeness (QED) is 0.881. The van der Waals surface area contributed by atoms with Crippen molar-refractivity contribution in [3.63, 3.8) is 0 Å². The Balaban J connectivity index is 2.44. The predicted molar refractivity (Wildman–Crippen MR) is 92.5 cm³/mol. The number of nitrogen functional groups attached to an aromatic ring is 1. The van der Waals surface area contributed by atoms with E-state index in [-0.39, 0.29) is 0 Å². The highest BCUT2D eigenvalue weighted by atomic mass is 16.5. The minimum absolute atomic E-state index is 0.349. The molecular formula is C17H24N4O2. The molecule has 0 aliphatic rings. The van der Waals surface area contributed by atoms with E-state index in [1.165, 1.54) is 0 Å². The second kappa shape index (κ2) is 7.17. The van der Waals surface area contributed by atoms with Crippen molar-refractivity contribution < 1.29 is 9.47 Å². The summed E-state index contributed by atoms with van der Waals surface area (Å²) < 4.78 is 11.3. The van der Waals surface area contributed by atoms with E-state index in [1.54, 1.807) is 7.11 Å². The summed E-state index contributed by atoms with van der Waals surface area (Å²) in [6, 6.07) is 5.71. The average molecular weight is 316 g/mol. The van der Waals surface area contributed by atoms with Crippen LogP contribution in [0.5, 0.6) is 17.4 Å². The number of benzene rings is 1. The van der Waals surface area contributed by atoms with E-state index in [1.807, 2.05) is 32.0 Å². The number of hydrogen-bond acceptors (Lipinski definition) is 6. The minimum Gasteiger partial charge on any atom is -0.493 e. The molecule has 2 aromatic rings. The fourth-order valence-corrected chi connectivity index (χ4v) is 2.35. The van der Waals surface area contributed by atoms with Crippen molar-refractivity contribution in [1.29, 1.82) is 0 Å². The van der Waals surface area contributed by atoms with Gasteiger partial charge < -0.3 is 20.1 Å². The van der Waals surface area contributed by atoms with Crippen LogP contribution in [0.1, 0.15) is 25.2 Å². The van der Waals surface area contributed by atoms with E-state index in [4.69, 9.17) is 15.2 Å². The predicted octanol–water partition coefficient (Wildman–Crippen LogP) is 3.32. The van der Waals surface area contributed by atoms with Crippen molar-refractivity contribution in [2.45, 2.75) is 27.7 Å². The summed E-state index contributed by atoms with van der Waals surface area (Å²) >= 11 is 0. The Morgan fingerprint density at radius 2 is 1.78 bits per heavy atom. The molecule has 0 radical (unpaired) electrons. The zero-order chi connectivity index (χ0) is 17.0. The van der Waals surface area contributed by atoms with Gasteiger partial charge in [0.15, 0.2) is 17.3 Å². The van der Waals surface area contributed by atoms with Gasteiger partial charge in [0.1, 0.15) is 11.5 Å². The maximum atomic E-state index is 6.24. The highest BCUT2D eigenvalue weighted by Crippen LogP contribution is 2.36. The highest BCUT2D eigenvalue weighted by Gasteiger charge is 2.17. The van der Waals surface area contributed by atoms with Crippen molar-refractivity contribution in [1.82, 2.24) is 9.97 Å². The number of hydrogen-bond donors (Lipinski definition) is 1. The molecule has 0 bridgehead atoms. The molecule has 1 aromatic heterocycles. The Bertz CT molecular complexity index is 685. The Hall–Kier alpha value is -2.50. The molecule has 0 saturated heterocycles. The highest BCUT2D eigenvalue weighted by molar-refractivity contribution is 5.69. The third-order valence-corrected chi connectivity index (χ3v) is 3.59. The maximum Gasteiger partial charge on any atom is 0.248 e. The fraction of sp³-hybridized carbons (Fsp3) is 0.412. The molecule has 2 rings (SSSR count). The Labute approximate surface area is 137 Å². The van der Waals surface area contributed by atoms with Crippen molar-refractivity contribution in [3.8, 4) is 17.4 Å². The molecule has 0 spiro atoms.